The Morgan fingerprint density at radius 2 is 1.90 bits per heavy atom. The molecule has 10 heteroatoms. The van der Waals surface area contributed by atoms with Crippen LogP contribution in [0.5, 0.6) is 0 Å². The third-order valence-electron chi connectivity index (χ3n) is 3.84. The van der Waals surface area contributed by atoms with Crippen molar-refractivity contribution in [3.05, 3.63) is 46.7 Å². The molecule has 0 bridgehead atoms. The molecule has 29 heavy (non-hydrogen) atoms. The predicted octanol–water partition coefficient (Wildman–Crippen LogP) is 3.92. The molecule has 2 aromatic rings. The maximum absolute atomic E-state index is 13.8. The molecule has 0 aliphatic heterocycles. The van der Waals surface area contributed by atoms with Gasteiger partial charge in [-0.1, -0.05) is 17.7 Å². The van der Waals surface area contributed by atoms with E-state index in [2.05, 4.69) is 10.4 Å². The van der Waals surface area contributed by atoms with Crippen LogP contribution >= 0.6 is 11.6 Å². The van der Waals surface area contributed by atoms with Crippen LogP contribution in [0.15, 0.2) is 30.5 Å². The summed E-state index contributed by atoms with van der Waals surface area (Å²) in [5.41, 5.74) is -2.33. The maximum atomic E-state index is 13.8. The average molecular weight is 431 g/mol. The molecule has 0 aliphatic carbocycles. The SMILES string of the molecule is CCN(CC(=O)NC(C)(C)C)C(=O)c1cnn(-c2cccc(Cl)c2)c1C(F)(F)F. The minimum Gasteiger partial charge on any atom is -0.350 e. The van der Waals surface area contributed by atoms with E-state index in [0.29, 0.717) is 4.68 Å². The minimum atomic E-state index is -4.85. The van der Waals surface area contributed by atoms with Crippen LogP contribution in [0.25, 0.3) is 5.69 Å². The lowest BCUT2D eigenvalue weighted by Crippen LogP contribution is -2.47. The highest BCUT2D eigenvalue weighted by Gasteiger charge is 2.41. The summed E-state index contributed by atoms with van der Waals surface area (Å²) in [6, 6.07) is 5.71. The predicted molar refractivity (Wildman–Crippen MR) is 103 cm³/mol. The number of benzene rings is 1. The number of carbonyl (C=O) groups excluding carboxylic acids is 2. The Balaban J connectivity index is 2.42. The van der Waals surface area contributed by atoms with Gasteiger partial charge in [0.05, 0.1) is 24.0 Å². The molecule has 0 radical (unpaired) electrons. The van der Waals surface area contributed by atoms with Crippen molar-refractivity contribution in [3.63, 3.8) is 0 Å². The van der Waals surface area contributed by atoms with Gasteiger partial charge >= 0.3 is 6.18 Å². The zero-order valence-corrected chi connectivity index (χ0v) is 17.2. The van der Waals surface area contributed by atoms with Gasteiger partial charge in [-0.05, 0) is 45.9 Å². The molecule has 1 aromatic carbocycles. The molecule has 1 aromatic heterocycles. The average Bonchev–Trinajstić information content (AvgIpc) is 3.03. The summed E-state index contributed by atoms with van der Waals surface area (Å²) in [5, 5.41) is 6.67. The van der Waals surface area contributed by atoms with Crippen LogP contribution in [-0.4, -0.2) is 45.1 Å². The number of carbonyl (C=O) groups is 2. The Morgan fingerprint density at radius 1 is 1.24 bits per heavy atom. The number of hydrogen-bond acceptors (Lipinski definition) is 3. The fourth-order valence-corrected chi connectivity index (χ4v) is 2.89. The Bertz CT molecular complexity index is 904. The van der Waals surface area contributed by atoms with Gasteiger partial charge in [0.15, 0.2) is 5.69 Å². The number of amides is 2. The van der Waals surface area contributed by atoms with Crippen molar-refractivity contribution in [3.8, 4) is 5.69 Å². The third-order valence-corrected chi connectivity index (χ3v) is 4.07. The van der Waals surface area contributed by atoms with Gasteiger partial charge in [-0.2, -0.15) is 18.3 Å². The topological polar surface area (TPSA) is 67.2 Å². The first-order valence-electron chi connectivity index (χ1n) is 8.85. The molecule has 2 amide bonds. The molecule has 0 saturated carbocycles. The van der Waals surface area contributed by atoms with E-state index in [0.717, 1.165) is 11.1 Å². The molecular formula is C19H22ClF3N4O2. The number of hydrogen-bond donors (Lipinski definition) is 1. The standard InChI is InChI=1S/C19H22ClF3N4O2/c1-5-26(11-15(28)25-18(2,3)4)17(29)14-10-24-27(16(14)19(21,22)23)13-8-6-7-12(20)9-13/h6-10H,5,11H2,1-4H3,(H,25,28). The largest absolute Gasteiger partial charge is 0.434 e. The van der Waals surface area contributed by atoms with Crippen molar-refractivity contribution in [1.82, 2.24) is 20.0 Å². The first kappa shape index (κ1) is 22.7. The second kappa shape index (κ2) is 8.44. The van der Waals surface area contributed by atoms with Crippen LogP contribution in [0.2, 0.25) is 5.02 Å². The first-order valence-corrected chi connectivity index (χ1v) is 9.22. The molecule has 0 fully saturated rings. The summed E-state index contributed by atoms with van der Waals surface area (Å²) >= 11 is 5.87. The molecule has 1 heterocycles. The van der Waals surface area contributed by atoms with E-state index in [-0.39, 0.29) is 23.8 Å². The summed E-state index contributed by atoms with van der Waals surface area (Å²) < 4.78 is 42.0. The van der Waals surface area contributed by atoms with E-state index in [4.69, 9.17) is 11.6 Å². The van der Waals surface area contributed by atoms with Crippen molar-refractivity contribution in [2.45, 2.75) is 39.4 Å². The number of aromatic nitrogens is 2. The number of halogens is 4. The smallest absolute Gasteiger partial charge is 0.350 e. The van der Waals surface area contributed by atoms with Gasteiger partial charge in [0.25, 0.3) is 5.91 Å². The molecule has 1 N–H and O–H groups in total. The summed E-state index contributed by atoms with van der Waals surface area (Å²) in [6.07, 6.45) is -3.99. The zero-order valence-electron chi connectivity index (χ0n) is 16.5. The fourth-order valence-electron chi connectivity index (χ4n) is 2.71. The second-order valence-electron chi connectivity index (χ2n) is 7.41. The van der Waals surface area contributed by atoms with Gasteiger partial charge in [-0.25, -0.2) is 4.68 Å². The Labute approximate surface area is 171 Å². The third kappa shape index (κ3) is 5.72. The van der Waals surface area contributed by atoms with E-state index in [1.807, 2.05) is 0 Å². The highest BCUT2D eigenvalue weighted by atomic mass is 35.5. The normalized spacial score (nSPS) is 12.0. The number of nitrogens with one attached hydrogen (secondary N) is 1. The van der Waals surface area contributed by atoms with Crippen molar-refractivity contribution < 1.29 is 22.8 Å². The molecule has 2 rings (SSSR count). The number of rotatable bonds is 5. The van der Waals surface area contributed by atoms with Gasteiger partial charge in [0.2, 0.25) is 5.91 Å². The Hall–Kier alpha value is -2.55. The highest BCUT2D eigenvalue weighted by molar-refractivity contribution is 6.30. The van der Waals surface area contributed by atoms with Gasteiger partial charge < -0.3 is 10.2 Å². The van der Waals surface area contributed by atoms with Gasteiger partial charge in [-0.3, -0.25) is 9.59 Å². The number of alkyl halides is 3. The molecule has 0 atom stereocenters. The van der Waals surface area contributed by atoms with Gasteiger partial charge in [0.1, 0.15) is 0 Å². The van der Waals surface area contributed by atoms with E-state index in [9.17, 15) is 22.8 Å². The molecule has 0 aliphatic rings. The summed E-state index contributed by atoms with van der Waals surface area (Å²) in [6.45, 7) is 6.55. The van der Waals surface area contributed by atoms with Gasteiger partial charge in [0, 0.05) is 17.1 Å². The Kier molecular flexibility index (Phi) is 6.62. The summed E-state index contributed by atoms with van der Waals surface area (Å²) in [5.74, 6) is -1.40. The molecule has 0 spiro atoms. The maximum Gasteiger partial charge on any atom is 0.434 e. The first-order chi connectivity index (χ1) is 13.3. The van der Waals surface area contributed by atoms with E-state index >= 15 is 0 Å². The lowest BCUT2D eigenvalue weighted by Gasteiger charge is -2.25. The van der Waals surface area contributed by atoms with Crippen molar-refractivity contribution in [1.29, 1.82) is 0 Å². The second-order valence-corrected chi connectivity index (χ2v) is 7.85. The van der Waals surface area contributed by atoms with Crippen molar-refractivity contribution in [2.24, 2.45) is 0 Å². The van der Waals surface area contributed by atoms with Crippen molar-refractivity contribution >= 4 is 23.4 Å². The lowest BCUT2D eigenvalue weighted by atomic mass is 10.1. The number of likely N-dealkylation sites (N-methyl/N-ethyl adjacent to an activating group) is 1. The van der Waals surface area contributed by atoms with Crippen LogP contribution in [-0.2, 0) is 11.0 Å². The highest BCUT2D eigenvalue weighted by Crippen LogP contribution is 2.34. The molecule has 158 valence electrons. The monoisotopic (exact) mass is 430 g/mol. The lowest BCUT2D eigenvalue weighted by molar-refractivity contribution is -0.143. The van der Waals surface area contributed by atoms with E-state index in [1.165, 1.54) is 24.3 Å². The zero-order chi connectivity index (χ0) is 22.0. The van der Waals surface area contributed by atoms with E-state index in [1.54, 1.807) is 27.7 Å². The number of nitrogens with zero attached hydrogens (tertiary/aromatic N) is 3. The quantitative estimate of drug-likeness (QED) is 0.781. The van der Waals surface area contributed by atoms with Crippen LogP contribution < -0.4 is 5.32 Å². The molecule has 0 unspecified atom stereocenters. The van der Waals surface area contributed by atoms with Gasteiger partial charge in [-0.15, -0.1) is 0 Å². The van der Waals surface area contributed by atoms with Crippen LogP contribution in [0.1, 0.15) is 43.7 Å². The van der Waals surface area contributed by atoms with Crippen LogP contribution in [0, 0.1) is 0 Å². The fraction of sp³-hybridized carbons (Fsp3) is 0.421. The molecule has 0 saturated heterocycles. The van der Waals surface area contributed by atoms with Crippen LogP contribution in [0.3, 0.4) is 0 Å². The summed E-state index contributed by atoms with van der Waals surface area (Å²) in [4.78, 5) is 26.0. The Morgan fingerprint density at radius 3 is 2.41 bits per heavy atom. The summed E-state index contributed by atoms with van der Waals surface area (Å²) in [7, 11) is 0. The molecule has 6 nitrogen and oxygen atoms in total. The minimum absolute atomic E-state index is 0.0516. The van der Waals surface area contributed by atoms with E-state index < -0.39 is 34.8 Å². The van der Waals surface area contributed by atoms with Crippen molar-refractivity contribution in [2.75, 3.05) is 13.1 Å². The van der Waals surface area contributed by atoms with Crippen LogP contribution in [0.4, 0.5) is 13.2 Å². The molecular weight excluding hydrogens is 409 g/mol.